The van der Waals surface area contributed by atoms with Crippen LogP contribution in [0, 0.1) is 18.8 Å². The summed E-state index contributed by atoms with van der Waals surface area (Å²) in [6, 6.07) is 3.94. The third-order valence-corrected chi connectivity index (χ3v) is 1.38. The third kappa shape index (κ3) is 3.59. The quantitative estimate of drug-likeness (QED) is 0.604. The number of hydrogen-bond acceptors (Lipinski definition) is 2. The lowest BCUT2D eigenvalue weighted by atomic mass is 10.3. The molecule has 58 valence electrons. The van der Waals surface area contributed by atoms with E-state index in [0.717, 1.165) is 5.69 Å². The first kappa shape index (κ1) is 9.93. The molecule has 0 radical (unpaired) electrons. The highest BCUT2D eigenvalue weighted by Gasteiger charge is 1.87. The molecule has 0 bridgehead atoms. The van der Waals surface area contributed by atoms with Gasteiger partial charge in [-0.05, 0) is 18.6 Å². The normalized spacial score (nSPS) is 8.00. The monoisotopic (exact) mass is 168 g/mol. The number of rotatable bonds is 1. The van der Waals surface area contributed by atoms with E-state index in [4.69, 9.17) is 16.9 Å². The van der Waals surface area contributed by atoms with Crippen LogP contribution < -0.4 is 0 Å². The van der Waals surface area contributed by atoms with Crippen LogP contribution in [0.5, 0.6) is 0 Å². The predicted molar refractivity (Wildman–Crippen MR) is 45.2 cm³/mol. The van der Waals surface area contributed by atoms with Crippen LogP contribution in [0.3, 0.4) is 0 Å². The minimum Gasteiger partial charge on any atom is -0.260 e. The Bertz CT molecular complexity index is 215. The Labute approximate surface area is 71.4 Å². The lowest BCUT2D eigenvalue weighted by Crippen LogP contribution is -1.83. The molecule has 1 aromatic rings. The van der Waals surface area contributed by atoms with Gasteiger partial charge >= 0.3 is 0 Å². The van der Waals surface area contributed by atoms with E-state index in [1.807, 2.05) is 25.3 Å². The SMILES string of the molecule is C#N.Cc1ccc(CCl)nc1. The smallest absolute Gasteiger partial charge is 0.0647 e. The Morgan fingerprint density at radius 2 is 2.18 bits per heavy atom. The van der Waals surface area contributed by atoms with Gasteiger partial charge in [0.15, 0.2) is 0 Å². The number of pyridine rings is 1. The summed E-state index contributed by atoms with van der Waals surface area (Å²) in [6.07, 6.45) is 1.82. The molecule has 0 aromatic carbocycles. The number of halogens is 1. The van der Waals surface area contributed by atoms with Gasteiger partial charge in [0.25, 0.3) is 0 Å². The average Bonchev–Trinajstić information content (AvgIpc) is 2.10. The van der Waals surface area contributed by atoms with Crippen LogP contribution in [0.1, 0.15) is 11.3 Å². The average molecular weight is 169 g/mol. The summed E-state index contributed by atoms with van der Waals surface area (Å²) in [6.45, 7) is 5.50. The van der Waals surface area contributed by atoms with Crippen molar-refractivity contribution in [2.75, 3.05) is 0 Å². The second-order valence-electron chi connectivity index (χ2n) is 1.96. The van der Waals surface area contributed by atoms with Crippen molar-refractivity contribution in [1.29, 1.82) is 5.26 Å². The zero-order chi connectivity index (χ0) is 8.69. The summed E-state index contributed by atoms with van der Waals surface area (Å²) in [4.78, 5) is 4.06. The zero-order valence-corrected chi connectivity index (χ0v) is 7.04. The topological polar surface area (TPSA) is 36.7 Å². The van der Waals surface area contributed by atoms with E-state index < -0.39 is 0 Å². The molecule has 0 aliphatic carbocycles. The van der Waals surface area contributed by atoms with Crippen molar-refractivity contribution in [3.8, 4) is 6.57 Å². The number of nitriles is 1. The molecule has 11 heavy (non-hydrogen) atoms. The Hall–Kier alpha value is -1.07. The highest BCUT2D eigenvalue weighted by atomic mass is 35.5. The molecule has 0 saturated carbocycles. The van der Waals surface area contributed by atoms with Crippen LogP contribution in [0.25, 0.3) is 0 Å². The van der Waals surface area contributed by atoms with Gasteiger partial charge in [0.1, 0.15) is 0 Å². The lowest BCUT2D eigenvalue weighted by Gasteiger charge is -1.92. The minimum absolute atomic E-state index is 0.500. The van der Waals surface area contributed by atoms with Crippen molar-refractivity contribution in [3.63, 3.8) is 0 Å². The lowest BCUT2D eigenvalue weighted by molar-refractivity contribution is 1.14. The molecule has 3 heteroatoms. The summed E-state index contributed by atoms with van der Waals surface area (Å²) in [5.74, 6) is 0.500. The standard InChI is InChI=1S/C7H8ClN.CHN/c1-6-2-3-7(4-8)9-5-6;1-2/h2-3,5H,4H2,1H3;1H. The van der Waals surface area contributed by atoms with Crippen molar-refractivity contribution in [1.82, 2.24) is 4.98 Å². The van der Waals surface area contributed by atoms with E-state index in [1.165, 1.54) is 5.56 Å². The van der Waals surface area contributed by atoms with Crippen molar-refractivity contribution < 1.29 is 0 Å². The van der Waals surface area contributed by atoms with Gasteiger partial charge in [-0.3, -0.25) is 4.98 Å². The van der Waals surface area contributed by atoms with Crippen LogP contribution in [0.2, 0.25) is 0 Å². The van der Waals surface area contributed by atoms with Gasteiger partial charge in [-0.25, -0.2) is 5.26 Å². The first-order valence-electron chi connectivity index (χ1n) is 3.06. The van der Waals surface area contributed by atoms with Gasteiger partial charge in [0.2, 0.25) is 0 Å². The Balaban J connectivity index is 0.000000461. The van der Waals surface area contributed by atoms with Gasteiger partial charge in [-0.2, -0.15) is 0 Å². The molecule has 0 fully saturated rings. The zero-order valence-electron chi connectivity index (χ0n) is 6.29. The number of aryl methyl sites for hydroxylation is 1. The van der Waals surface area contributed by atoms with E-state index >= 15 is 0 Å². The van der Waals surface area contributed by atoms with Crippen LogP contribution in [0.15, 0.2) is 18.3 Å². The molecular formula is C8H9ClN2. The van der Waals surface area contributed by atoms with Crippen molar-refractivity contribution in [2.45, 2.75) is 12.8 Å². The fraction of sp³-hybridized carbons (Fsp3) is 0.250. The van der Waals surface area contributed by atoms with Gasteiger partial charge in [0, 0.05) is 12.8 Å². The maximum Gasteiger partial charge on any atom is 0.0647 e. The number of alkyl halides is 1. The summed E-state index contributed by atoms with van der Waals surface area (Å²) in [5.41, 5.74) is 2.10. The summed E-state index contributed by atoms with van der Waals surface area (Å²) in [7, 11) is 0. The summed E-state index contributed by atoms with van der Waals surface area (Å²) >= 11 is 5.52. The largest absolute Gasteiger partial charge is 0.260 e. The molecule has 0 atom stereocenters. The van der Waals surface area contributed by atoms with Gasteiger partial charge in [-0.1, -0.05) is 6.07 Å². The van der Waals surface area contributed by atoms with Crippen molar-refractivity contribution in [2.24, 2.45) is 0 Å². The van der Waals surface area contributed by atoms with Crippen LogP contribution in [-0.4, -0.2) is 4.98 Å². The predicted octanol–water partition coefficient (Wildman–Crippen LogP) is 2.27. The molecule has 0 N–H and O–H groups in total. The molecule has 1 heterocycles. The summed E-state index contributed by atoms with van der Waals surface area (Å²) < 4.78 is 0. The first-order chi connectivity index (χ1) is 5.33. The maximum absolute atomic E-state index is 6.50. The highest BCUT2D eigenvalue weighted by molar-refractivity contribution is 6.16. The van der Waals surface area contributed by atoms with Crippen molar-refractivity contribution in [3.05, 3.63) is 29.6 Å². The first-order valence-corrected chi connectivity index (χ1v) is 3.59. The Kier molecular flexibility index (Phi) is 5.14. The van der Waals surface area contributed by atoms with Crippen LogP contribution >= 0.6 is 11.6 Å². The van der Waals surface area contributed by atoms with E-state index in [2.05, 4.69) is 11.6 Å². The van der Waals surface area contributed by atoms with Gasteiger partial charge in [0.05, 0.1) is 11.6 Å². The van der Waals surface area contributed by atoms with Crippen LogP contribution in [-0.2, 0) is 5.88 Å². The van der Waals surface area contributed by atoms with Gasteiger partial charge in [-0.15, -0.1) is 11.6 Å². The van der Waals surface area contributed by atoms with E-state index in [9.17, 15) is 0 Å². The van der Waals surface area contributed by atoms with Gasteiger partial charge < -0.3 is 0 Å². The molecule has 0 aliphatic heterocycles. The maximum atomic E-state index is 6.50. The molecule has 1 aromatic heterocycles. The molecular weight excluding hydrogens is 160 g/mol. The van der Waals surface area contributed by atoms with E-state index in [-0.39, 0.29) is 0 Å². The third-order valence-electron chi connectivity index (χ3n) is 1.11. The fourth-order valence-corrected chi connectivity index (χ4v) is 0.736. The summed E-state index contributed by atoms with van der Waals surface area (Å²) in [5, 5.41) is 6.50. The van der Waals surface area contributed by atoms with Crippen molar-refractivity contribution >= 4 is 11.6 Å². The fourth-order valence-electron chi connectivity index (χ4n) is 0.577. The molecule has 0 unspecified atom stereocenters. The number of hydrogen-bond donors (Lipinski definition) is 0. The Morgan fingerprint density at radius 3 is 2.55 bits per heavy atom. The molecule has 0 aliphatic rings. The van der Waals surface area contributed by atoms with E-state index in [1.54, 1.807) is 0 Å². The number of nitrogens with zero attached hydrogens (tertiary/aromatic N) is 2. The molecule has 2 nitrogen and oxygen atoms in total. The molecule has 0 amide bonds. The molecule has 0 saturated heterocycles. The minimum atomic E-state index is 0.500. The molecule has 0 spiro atoms. The van der Waals surface area contributed by atoms with E-state index in [0.29, 0.717) is 5.88 Å². The second-order valence-corrected chi connectivity index (χ2v) is 2.23. The molecule has 1 rings (SSSR count). The number of aromatic nitrogens is 1. The second kappa shape index (κ2) is 5.70. The highest BCUT2D eigenvalue weighted by Crippen LogP contribution is 2.00. The van der Waals surface area contributed by atoms with Crippen LogP contribution in [0.4, 0.5) is 0 Å². The Morgan fingerprint density at radius 1 is 1.55 bits per heavy atom.